The first-order chi connectivity index (χ1) is 8.79. The fourth-order valence-electron chi connectivity index (χ4n) is 1.81. The fourth-order valence-corrected chi connectivity index (χ4v) is 1.81. The molecule has 0 radical (unpaired) electrons. The first-order valence-electron chi connectivity index (χ1n) is 5.56. The van der Waals surface area contributed by atoms with E-state index in [4.69, 9.17) is 4.74 Å². The molecule has 0 saturated heterocycles. The van der Waals surface area contributed by atoms with Crippen LogP contribution in [0, 0.1) is 0 Å². The SMILES string of the molecule is CCOC(=O)c1nc2ccc3nccnc3c2[nH]1. The van der Waals surface area contributed by atoms with Crippen molar-refractivity contribution in [2.45, 2.75) is 6.92 Å². The maximum absolute atomic E-state index is 11.6. The third-order valence-electron chi connectivity index (χ3n) is 2.56. The van der Waals surface area contributed by atoms with Gasteiger partial charge in [0.25, 0.3) is 0 Å². The number of nitrogens with zero attached hydrogens (tertiary/aromatic N) is 3. The van der Waals surface area contributed by atoms with Crippen molar-refractivity contribution in [1.82, 2.24) is 19.9 Å². The first-order valence-corrected chi connectivity index (χ1v) is 5.56. The van der Waals surface area contributed by atoms with E-state index in [1.165, 1.54) is 0 Å². The molecular weight excluding hydrogens is 232 g/mol. The van der Waals surface area contributed by atoms with Crippen molar-refractivity contribution in [3.05, 3.63) is 30.4 Å². The number of imidazole rings is 1. The third-order valence-corrected chi connectivity index (χ3v) is 2.56. The van der Waals surface area contributed by atoms with Crippen molar-refractivity contribution in [3.63, 3.8) is 0 Å². The Hall–Kier alpha value is -2.50. The summed E-state index contributed by atoms with van der Waals surface area (Å²) in [5.74, 6) is -0.282. The minimum Gasteiger partial charge on any atom is -0.460 e. The second-order valence-corrected chi connectivity index (χ2v) is 3.69. The minimum atomic E-state index is -0.467. The van der Waals surface area contributed by atoms with E-state index in [1.807, 2.05) is 6.07 Å². The second-order valence-electron chi connectivity index (χ2n) is 3.69. The van der Waals surface area contributed by atoms with Gasteiger partial charge in [-0.3, -0.25) is 9.97 Å². The normalized spacial score (nSPS) is 10.9. The molecule has 2 aromatic heterocycles. The maximum Gasteiger partial charge on any atom is 0.374 e. The Labute approximate surface area is 102 Å². The number of nitrogens with one attached hydrogen (secondary N) is 1. The monoisotopic (exact) mass is 242 g/mol. The predicted molar refractivity (Wildman–Crippen MR) is 65.1 cm³/mol. The number of benzene rings is 1. The lowest BCUT2D eigenvalue weighted by atomic mass is 10.2. The molecule has 18 heavy (non-hydrogen) atoms. The molecule has 0 atom stereocenters. The van der Waals surface area contributed by atoms with Gasteiger partial charge in [-0.05, 0) is 19.1 Å². The molecule has 0 aliphatic rings. The van der Waals surface area contributed by atoms with E-state index in [0.717, 1.165) is 5.52 Å². The Morgan fingerprint density at radius 2 is 2.06 bits per heavy atom. The molecular formula is C12H10N4O2. The van der Waals surface area contributed by atoms with Gasteiger partial charge in [0.15, 0.2) is 0 Å². The Morgan fingerprint density at radius 1 is 1.28 bits per heavy atom. The zero-order valence-corrected chi connectivity index (χ0v) is 9.67. The van der Waals surface area contributed by atoms with Gasteiger partial charge < -0.3 is 9.72 Å². The van der Waals surface area contributed by atoms with Crippen LogP contribution in [-0.4, -0.2) is 32.5 Å². The van der Waals surface area contributed by atoms with Crippen molar-refractivity contribution in [3.8, 4) is 0 Å². The molecule has 0 saturated carbocycles. The molecule has 0 fully saturated rings. The van der Waals surface area contributed by atoms with Gasteiger partial charge >= 0.3 is 5.97 Å². The number of carbonyl (C=O) groups is 1. The summed E-state index contributed by atoms with van der Waals surface area (Å²) in [6.45, 7) is 2.07. The van der Waals surface area contributed by atoms with Crippen molar-refractivity contribution < 1.29 is 9.53 Å². The highest BCUT2D eigenvalue weighted by molar-refractivity contribution is 6.02. The van der Waals surface area contributed by atoms with Crippen molar-refractivity contribution in [1.29, 1.82) is 0 Å². The molecule has 6 heteroatoms. The molecule has 0 amide bonds. The summed E-state index contributed by atoms with van der Waals surface area (Å²) in [6.07, 6.45) is 3.23. The van der Waals surface area contributed by atoms with Crippen molar-refractivity contribution in [2.75, 3.05) is 6.61 Å². The summed E-state index contributed by atoms with van der Waals surface area (Å²) >= 11 is 0. The van der Waals surface area contributed by atoms with Crippen molar-refractivity contribution in [2.24, 2.45) is 0 Å². The van der Waals surface area contributed by atoms with E-state index >= 15 is 0 Å². The Balaban J connectivity index is 2.22. The van der Waals surface area contributed by atoms with Crippen molar-refractivity contribution >= 4 is 28.0 Å². The van der Waals surface area contributed by atoms with E-state index in [9.17, 15) is 4.79 Å². The summed E-state index contributed by atoms with van der Waals surface area (Å²) in [5, 5.41) is 0. The summed E-state index contributed by atoms with van der Waals surface area (Å²) in [4.78, 5) is 27.2. The molecule has 6 nitrogen and oxygen atoms in total. The average molecular weight is 242 g/mol. The summed E-state index contributed by atoms with van der Waals surface area (Å²) < 4.78 is 4.90. The van der Waals surface area contributed by atoms with Crippen LogP contribution in [0.2, 0.25) is 0 Å². The summed E-state index contributed by atoms with van der Waals surface area (Å²) in [5.41, 5.74) is 2.82. The van der Waals surface area contributed by atoms with E-state index in [-0.39, 0.29) is 5.82 Å². The van der Waals surface area contributed by atoms with Gasteiger partial charge in [-0.2, -0.15) is 0 Å². The van der Waals surface area contributed by atoms with E-state index < -0.39 is 5.97 Å². The molecule has 1 N–H and O–H groups in total. The lowest BCUT2D eigenvalue weighted by Crippen LogP contribution is -2.06. The lowest BCUT2D eigenvalue weighted by Gasteiger charge is -1.96. The topological polar surface area (TPSA) is 80.8 Å². The molecule has 0 spiro atoms. The molecule has 0 aliphatic heterocycles. The molecule has 3 aromatic rings. The minimum absolute atomic E-state index is 0.185. The zero-order chi connectivity index (χ0) is 12.5. The summed E-state index contributed by atoms with van der Waals surface area (Å²) in [7, 11) is 0. The van der Waals surface area contributed by atoms with Gasteiger partial charge in [0.2, 0.25) is 5.82 Å². The van der Waals surface area contributed by atoms with Gasteiger partial charge in [0.1, 0.15) is 5.52 Å². The third kappa shape index (κ3) is 1.58. The van der Waals surface area contributed by atoms with Crippen LogP contribution in [0.5, 0.6) is 0 Å². The van der Waals surface area contributed by atoms with E-state index in [2.05, 4.69) is 19.9 Å². The quantitative estimate of drug-likeness (QED) is 0.691. The Morgan fingerprint density at radius 3 is 2.89 bits per heavy atom. The van der Waals surface area contributed by atoms with Crippen LogP contribution in [0.25, 0.3) is 22.1 Å². The average Bonchev–Trinajstić information content (AvgIpc) is 2.83. The number of rotatable bonds is 2. The Kier molecular flexibility index (Phi) is 2.40. The number of ether oxygens (including phenoxy) is 1. The highest BCUT2D eigenvalue weighted by Gasteiger charge is 2.14. The lowest BCUT2D eigenvalue weighted by molar-refractivity contribution is 0.0514. The molecule has 2 heterocycles. The highest BCUT2D eigenvalue weighted by Crippen LogP contribution is 2.20. The van der Waals surface area contributed by atoms with Gasteiger partial charge in [-0.25, -0.2) is 9.78 Å². The van der Waals surface area contributed by atoms with Crippen LogP contribution >= 0.6 is 0 Å². The number of aromatic amines is 1. The number of hydrogen-bond acceptors (Lipinski definition) is 5. The standard InChI is InChI=1S/C12H10N4O2/c1-2-18-12(17)11-15-8-4-3-7-9(10(8)16-11)14-6-5-13-7/h3-6H,2H2,1H3,(H,15,16). The van der Waals surface area contributed by atoms with Crippen LogP contribution in [0.1, 0.15) is 17.5 Å². The number of H-pyrrole nitrogens is 1. The zero-order valence-electron chi connectivity index (χ0n) is 9.67. The maximum atomic E-state index is 11.6. The van der Waals surface area contributed by atoms with Gasteiger partial charge in [0.05, 0.1) is 23.2 Å². The number of fused-ring (bicyclic) bond motifs is 3. The smallest absolute Gasteiger partial charge is 0.374 e. The first kappa shape index (κ1) is 10.6. The summed E-state index contributed by atoms with van der Waals surface area (Å²) in [6, 6.07) is 3.62. The van der Waals surface area contributed by atoms with E-state index in [0.29, 0.717) is 23.2 Å². The van der Waals surface area contributed by atoms with E-state index in [1.54, 1.807) is 25.4 Å². The number of aromatic nitrogens is 4. The van der Waals surface area contributed by atoms with Crippen LogP contribution in [0.15, 0.2) is 24.5 Å². The Bertz CT molecular complexity index is 735. The number of carbonyl (C=O) groups excluding carboxylic acids is 1. The molecule has 1 aromatic carbocycles. The predicted octanol–water partition coefficient (Wildman–Crippen LogP) is 1.68. The molecule has 90 valence electrons. The van der Waals surface area contributed by atoms with Crippen LogP contribution in [-0.2, 0) is 4.74 Å². The largest absolute Gasteiger partial charge is 0.460 e. The van der Waals surface area contributed by atoms with Crippen LogP contribution < -0.4 is 0 Å². The molecule has 3 rings (SSSR count). The number of esters is 1. The van der Waals surface area contributed by atoms with Gasteiger partial charge in [0, 0.05) is 12.4 Å². The molecule has 0 bridgehead atoms. The van der Waals surface area contributed by atoms with Gasteiger partial charge in [-0.1, -0.05) is 0 Å². The molecule has 0 aliphatic carbocycles. The fraction of sp³-hybridized carbons (Fsp3) is 0.167. The van der Waals surface area contributed by atoms with Crippen LogP contribution in [0.4, 0.5) is 0 Å². The molecule has 0 unspecified atom stereocenters. The van der Waals surface area contributed by atoms with Crippen LogP contribution in [0.3, 0.4) is 0 Å². The highest BCUT2D eigenvalue weighted by atomic mass is 16.5. The van der Waals surface area contributed by atoms with Gasteiger partial charge in [-0.15, -0.1) is 0 Å². The number of hydrogen-bond donors (Lipinski definition) is 1. The second kappa shape index (κ2) is 4.06.